The summed E-state index contributed by atoms with van der Waals surface area (Å²) in [6.07, 6.45) is 5.26. The molecule has 1 aromatic carbocycles. The zero-order valence-corrected chi connectivity index (χ0v) is 13.2. The van der Waals surface area contributed by atoms with Crippen molar-refractivity contribution in [2.75, 3.05) is 33.4 Å². The normalized spacial score (nSPS) is 24.3. The van der Waals surface area contributed by atoms with E-state index in [2.05, 4.69) is 40.5 Å². The Bertz CT molecular complexity index is 430. The second-order valence-electron chi connectivity index (χ2n) is 6.83. The summed E-state index contributed by atoms with van der Waals surface area (Å²) in [5, 5.41) is 3.81. The summed E-state index contributed by atoms with van der Waals surface area (Å²) in [4.78, 5) is 2.57. The van der Waals surface area contributed by atoms with Gasteiger partial charge in [0, 0.05) is 45.9 Å². The van der Waals surface area contributed by atoms with E-state index in [9.17, 15) is 0 Å². The lowest BCUT2D eigenvalue weighted by Gasteiger charge is -2.20. The molecule has 1 heterocycles. The number of methoxy groups -OCH3 is 1. The van der Waals surface area contributed by atoms with Crippen LogP contribution in [-0.2, 0) is 11.3 Å². The van der Waals surface area contributed by atoms with Crippen LogP contribution in [0.3, 0.4) is 0 Å². The van der Waals surface area contributed by atoms with E-state index in [1.807, 2.05) is 7.11 Å². The van der Waals surface area contributed by atoms with Crippen LogP contribution in [0.2, 0.25) is 0 Å². The number of likely N-dealkylation sites (tertiary alicyclic amines) is 1. The van der Waals surface area contributed by atoms with Gasteiger partial charge in [0.05, 0.1) is 0 Å². The van der Waals surface area contributed by atoms with Crippen molar-refractivity contribution in [1.29, 1.82) is 0 Å². The zero-order chi connectivity index (χ0) is 14.5. The van der Waals surface area contributed by atoms with E-state index in [1.54, 1.807) is 0 Å². The number of nitrogens with one attached hydrogen (secondary N) is 1. The van der Waals surface area contributed by atoms with Gasteiger partial charge in [-0.1, -0.05) is 30.3 Å². The lowest BCUT2D eigenvalue weighted by atomic mass is 10.0. The summed E-state index contributed by atoms with van der Waals surface area (Å²) >= 11 is 0. The molecule has 1 aliphatic carbocycles. The van der Waals surface area contributed by atoms with E-state index in [1.165, 1.54) is 50.9 Å². The standard InChI is InChI=1S/C18H28N2O/c1-21-12-10-18(8-9-18)15-19-17-7-11-20(14-17)13-16-5-3-2-4-6-16/h2-6,17,19H,7-15H2,1H3. The van der Waals surface area contributed by atoms with Crippen LogP contribution < -0.4 is 5.32 Å². The van der Waals surface area contributed by atoms with Gasteiger partial charge >= 0.3 is 0 Å². The monoisotopic (exact) mass is 288 g/mol. The molecule has 3 nitrogen and oxygen atoms in total. The molecule has 1 N–H and O–H groups in total. The molecule has 3 rings (SSSR count). The second kappa shape index (κ2) is 6.91. The van der Waals surface area contributed by atoms with Crippen LogP contribution in [0.5, 0.6) is 0 Å². The highest BCUT2D eigenvalue weighted by Gasteiger charge is 2.42. The summed E-state index contributed by atoms with van der Waals surface area (Å²) in [7, 11) is 1.81. The maximum Gasteiger partial charge on any atom is 0.0468 e. The molecule has 2 fully saturated rings. The Morgan fingerprint density at radius 3 is 2.81 bits per heavy atom. The van der Waals surface area contributed by atoms with Crippen LogP contribution in [0.4, 0.5) is 0 Å². The second-order valence-corrected chi connectivity index (χ2v) is 6.83. The van der Waals surface area contributed by atoms with Gasteiger partial charge in [0.1, 0.15) is 0 Å². The van der Waals surface area contributed by atoms with E-state index in [0.717, 1.165) is 13.2 Å². The van der Waals surface area contributed by atoms with Gasteiger partial charge in [0.2, 0.25) is 0 Å². The molecule has 1 aromatic rings. The number of benzene rings is 1. The number of hydrogen-bond donors (Lipinski definition) is 1. The average Bonchev–Trinajstić information content (AvgIpc) is 3.16. The third-order valence-corrected chi connectivity index (χ3v) is 5.08. The minimum Gasteiger partial charge on any atom is -0.385 e. The van der Waals surface area contributed by atoms with Gasteiger partial charge in [0.15, 0.2) is 0 Å². The number of rotatable bonds is 8. The average molecular weight is 288 g/mol. The highest BCUT2D eigenvalue weighted by atomic mass is 16.5. The first-order chi connectivity index (χ1) is 10.3. The highest BCUT2D eigenvalue weighted by molar-refractivity contribution is 5.14. The minimum absolute atomic E-state index is 0.558. The molecule has 1 saturated carbocycles. The smallest absolute Gasteiger partial charge is 0.0468 e. The van der Waals surface area contributed by atoms with Crippen molar-refractivity contribution in [3.63, 3.8) is 0 Å². The van der Waals surface area contributed by atoms with Crippen molar-refractivity contribution < 1.29 is 4.74 Å². The maximum atomic E-state index is 5.24. The Morgan fingerprint density at radius 1 is 1.29 bits per heavy atom. The van der Waals surface area contributed by atoms with Crippen molar-refractivity contribution in [3.8, 4) is 0 Å². The fourth-order valence-electron chi connectivity index (χ4n) is 3.36. The van der Waals surface area contributed by atoms with Gasteiger partial charge in [-0.25, -0.2) is 0 Å². The largest absolute Gasteiger partial charge is 0.385 e. The Labute approximate surface area is 128 Å². The summed E-state index contributed by atoms with van der Waals surface area (Å²) in [6.45, 7) is 5.59. The number of nitrogens with zero attached hydrogens (tertiary/aromatic N) is 1. The van der Waals surface area contributed by atoms with Crippen LogP contribution in [-0.4, -0.2) is 44.3 Å². The van der Waals surface area contributed by atoms with E-state index in [4.69, 9.17) is 4.74 Å². The van der Waals surface area contributed by atoms with Gasteiger partial charge in [-0.05, 0) is 36.7 Å². The van der Waals surface area contributed by atoms with E-state index in [0.29, 0.717) is 11.5 Å². The first-order valence-corrected chi connectivity index (χ1v) is 8.28. The molecule has 2 aliphatic rings. The molecule has 0 radical (unpaired) electrons. The summed E-state index contributed by atoms with van der Waals surface area (Å²) < 4.78 is 5.24. The molecule has 1 unspecified atom stereocenters. The maximum absolute atomic E-state index is 5.24. The van der Waals surface area contributed by atoms with Crippen molar-refractivity contribution in [2.24, 2.45) is 5.41 Å². The lowest BCUT2D eigenvalue weighted by molar-refractivity contribution is 0.170. The Kier molecular flexibility index (Phi) is 4.94. The molecular weight excluding hydrogens is 260 g/mol. The molecule has 1 aliphatic heterocycles. The van der Waals surface area contributed by atoms with E-state index >= 15 is 0 Å². The third kappa shape index (κ3) is 4.29. The fourth-order valence-corrected chi connectivity index (χ4v) is 3.36. The zero-order valence-electron chi connectivity index (χ0n) is 13.2. The summed E-state index contributed by atoms with van der Waals surface area (Å²) in [6, 6.07) is 11.5. The Morgan fingerprint density at radius 2 is 2.10 bits per heavy atom. The quantitative estimate of drug-likeness (QED) is 0.796. The molecule has 3 heteroatoms. The minimum atomic E-state index is 0.558. The fraction of sp³-hybridized carbons (Fsp3) is 0.667. The topological polar surface area (TPSA) is 24.5 Å². The van der Waals surface area contributed by atoms with Crippen LogP contribution in [0.15, 0.2) is 30.3 Å². The van der Waals surface area contributed by atoms with Crippen LogP contribution in [0.1, 0.15) is 31.2 Å². The first-order valence-electron chi connectivity index (χ1n) is 8.28. The molecule has 0 bridgehead atoms. The number of hydrogen-bond acceptors (Lipinski definition) is 3. The van der Waals surface area contributed by atoms with Gasteiger partial charge in [-0.3, -0.25) is 4.90 Å². The highest BCUT2D eigenvalue weighted by Crippen LogP contribution is 2.48. The van der Waals surface area contributed by atoms with Crippen LogP contribution >= 0.6 is 0 Å². The molecular formula is C18H28N2O. The molecule has 0 aromatic heterocycles. The van der Waals surface area contributed by atoms with Gasteiger partial charge < -0.3 is 10.1 Å². The van der Waals surface area contributed by atoms with Crippen molar-refractivity contribution in [2.45, 2.75) is 38.3 Å². The van der Waals surface area contributed by atoms with Crippen molar-refractivity contribution in [1.82, 2.24) is 10.2 Å². The molecule has 1 atom stereocenters. The molecule has 0 spiro atoms. The van der Waals surface area contributed by atoms with E-state index < -0.39 is 0 Å². The molecule has 21 heavy (non-hydrogen) atoms. The van der Waals surface area contributed by atoms with Gasteiger partial charge in [0.25, 0.3) is 0 Å². The van der Waals surface area contributed by atoms with Gasteiger partial charge in [-0.15, -0.1) is 0 Å². The molecule has 0 amide bonds. The SMILES string of the molecule is COCCC1(CNC2CCN(Cc3ccccc3)C2)CC1. The third-order valence-electron chi connectivity index (χ3n) is 5.08. The van der Waals surface area contributed by atoms with Crippen molar-refractivity contribution >= 4 is 0 Å². The summed E-state index contributed by atoms with van der Waals surface area (Å²) in [5.41, 5.74) is 1.99. The Balaban J connectivity index is 1.39. The first kappa shape index (κ1) is 15.0. The molecule has 116 valence electrons. The summed E-state index contributed by atoms with van der Waals surface area (Å²) in [5.74, 6) is 0. The van der Waals surface area contributed by atoms with Crippen LogP contribution in [0, 0.1) is 5.41 Å². The van der Waals surface area contributed by atoms with Crippen LogP contribution in [0.25, 0.3) is 0 Å². The number of ether oxygens (including phenoxy) is 1. The predicted octanol–water partition coefficient (Wildman–Crippen LogP) is 2.67. The van der Waals surface area contributed by atoms with Crippen molar-refractivity contribution in [3.05, 3.63) is 35.9 Å². The molecule has 1 saturated heterocycles. The predicted molar refractivity (Wildman–Crippen MR) is 86.3 cm³/mol. The van der Waals surface area contributed by atoms with Gasteiger partial charge in [-0.2, -0.15) is 0 Å². The Hall–Kier alpha value is -0.900. The van der Waals surface area contributed by atoms with E-state index in [-0.39, 0.29) is 0 Å². The lowest BCUT2D eigenvalue weighted by Crippen LogP contribution is -2.36.